The Hall–Kier alpha value is -2.62. The van der Waals surface area contributed by atoms with Crippen LogP contribution in [0.2, 0.25) is 0 Å². The lowest BCUT2D eigenvalue weighted by Gasteiger charge is -2.05. The second-order valence-corrected chi connectivity index (χ2v) is 4.63. The van der Waals surface area contributed by atoms with Crippen molar-refractivity contribution < 1.29 is 9.18 Å². The van der Waals surface area contributed by atoms with Crippen LogP contribution in [0.5, 0.6) is 0 Å². The lowest BCUT2D eigenvalue weighted by atomic mass is 10.1. The second kappa shape index (κ2) is 4.81. The first-order valence-electron chi connectivity index (χ1n) is 6.29. The fourth-order valence-corrected chi connectivity index (χ4v) is 2.30. The Morgan fingerprint density at radius 3 is 2.55 bits per heavy atom. The van der Waals surface area contributed by atoms with Crippen LogP contribution in [0.15, 0.2) is 48.5 Å². The molecule has 2 aromatic carbocycles. The molecule has 100 valence electrons. The van der Waals surface area contributed by atoms with Crippen LogP contribution in [-0.4, -0.2) is 10.9 Å². The van der Waals surface area contributed by atoms with E-state index in [0.29, 0.717) is 11.3 Å². The van der Waals surface area contributed by atoms with Gasteiger partial charge in [-0.3, -0.25) is 4.79 Å². The molecule has 0 saturated carbocycles. The largest absolute Gasteiger partial charge is 0.358 e. The summed E-state index contributed by atoms with van der Waals surface area (Å²) < 4.78 is 12.9. The molecule has 1 amide bonds. The normalized spacial score (nSPS) is 10.7. The maximum Gasteiger partial charge on any atom is 0.258 e. The number of anilines is 1. The molecule has 20 heavy (non-hydrogen) atoms. The van der Waals surface area contributed by atoms with Crippen molar-refractivity contribution in [2.45, 2.75) is 6.92 Å². The van der Waals surface area contributed by atoms with Gasteiger partial charge in [0.1, 0.15) is 5.82 Å². The van der Waals surface area contributed by atoms with Gasteiger partial charge in [0.15, 0.2) is 0 Å². The summed E-state index contributed by atoms with van der Waals surface area (Å²) in [5.74, 6) is -0.530. The number of amides is 1. The summed E-state index contributed by atoms with van der Waals surface area (Å²) in [5.41, 5.74) is 2.92. The number of rotatable bonds is 2. The standard InChI is InChI=1S/C16H13FN2O/c1-10-15(13-4-2-3-5-14(13)18-10)16(20)19-12-8-6-11(17)7-9-12/h2-9,18H,1H3,(H,19,20). The lowest BCUT2D eigenvalue weighted by Crippen LogP contribution is -2.12. The maximum atomic E-state index is 12.9. The Morgan fingerprint density at radius 2 is 1.80 bits per heavy atom. The zero-order chi connectivity index (χ0) is 14.1. The van der Waals surface area contributed by atoms with E-state index < -0.39 is 0 Å². The number of hydrogen-bond acceptors (Lipinski definition) is 1. The third-order valence-corrected chi connectivity index (χ3v) is 3.22. The number of hydrogen-bond donors (Lipinski definition) is 2. The van der Waals surface area contributed by atoms with E-state index in [0.717, 1.165) is 16.6 Å². The lowest BCUT2D eigenvalue weighted by molar-refractivity contribution is 0.102. The van der Waals surface area contributed by atoms with Gasteiger partial charge in [-0.2, -0.15) is 0 Å². The molecule has 0 fully saturated rings. The maximum absolute atomic E-state index is 12.9. The Bertz CT molecular complexity index is 775. The van der Waals surface area contributed by atoms with Crippen molar-refractivity contribution in [3.63, 3.8) is 0 Å². The van der Waals surface area contributed by atoms with Crippen molar-refractivity contribution in [2.75, 3.05) is 5.32 Å². The molecule has 3 nitrogen and oxygen atoms in total. The van der Waals surface area contributed by atoms with Crippen molar-refractivity contribution >= 4 is 22.5 Å². The predicted octanol–water partition coefficient (Wildman–Crippen LogP) is 3.87. The first kappa shape index (κ1) is 12.4. The molecule has 0 spiro atoms. The molecule has 1 heterocycles. The number of nitrogens with one attached hydrogen (secondary N) is 2. The van der Waals surface area contributed by atoms with Gasteiger partial charge in [0, 0.05) is 22.3 Å². The average Bonchev–Trinajstić information content (AvgIpc) is 2.77. The van der Waals surface area contributed by atoms with Gasteiger partial charge < -0.3 is 10.3 Å². The minimum absolute atomic E-state index is 0.202. The highest BCUT2D eigenvalue weighted by molar-refractivity contribution is 6.13. The summed E-state index contributed by atoms with van der Waals surface area (Å²) in [6, 6.07) is 13.4. The molecule has 0 aliphatic carbocycles. The van der Waals surface area contributed by atoms with E-state index in [1.54, 1.807) is 0 Å². The number of aromatic amines is 1. The van der Waals surface area contributed by atoms with Crippen LogP contribution < -0.4 is 5.32 Å². The highest BCUT2D eigenvalue weighted by Gasteiger charge is 2.15. The quantitative estimate of drug-likeness (QED) is 0.728. The molecule has 0 bridgehead atoms. The second-order valence-electron chi connectivity index (χ2n) is 4.63. The van der Waals surface area contributed by atoms with Crippen LogP contribution in [0.4, 0.5) is 10.1 Å². The van der Waals surface area contributed by atoms with Gasteiger partial charge >= 0.3 is 0 Å². The van der Waals surface area contributed by atoms with Crippen LogP contribution in [0.25, 0.3) is 10.9 Å². The number of aromatic nitrogens is 1. The Labute approximate surface area is 115 Å². The SMILES string of the molecule is Cc1[nH]c2ccccc2c1C(=O)Nc1ccc(F)cc1. The van der Waals surface area contributed by atoms with E-state index >= 15 is 0 Å². The topological polar surface area (TPSA) is 44.9 Å². The molecule has 0 atom stereocenters. The molecule has 1 aromatic heterocycles. The van der Waals surface area contributed by atoms with Crippen LogP contribution in [0.1, 0.15) is 16.1 Å². The van der Waals surface area contributed by atoms with E-state index in [2.05, 4.69) is 10.3 Å². The molecule has 3 aromatic rings. The van der Waals surface area contributed by atoms with E-state index in [4.69, 9.17) is 0 Å². The van der Waals surface area contributed by atoms with Crippen molar-refractivity contribution in [3.8, 4) is 0 Å². The average molecular weight is 268 g/mol. The van der Waals surface area contributed by atoms with Gasteiger partial charge in [-0.05, 0) is 37.3 Å². The Balaban J connectivity index is 1.96. The number of carbonyl (C=O) groups excluding carboxylic acids is 1. The highest BCUT2D eigenvalue weighted by atomic mass is 19.1. The summed E-state index contributed by atoms with van der Waals surface area (Å²) in [6.07, 6.45) is 0. The molecule has 0 saturated heterocycles. The molecule has 0 unspecified atom stereocenters. The third kappa shape index (κ3) is 2.16. The summed E-state index contributed by atoms with van der Waals surface area (Å²) in [4.78, 5) is 15.6. The fraction of sp³-hybridized carbons (Fsp3) is 0.0625. The molecular formula is C16H13FN2O. The zero-order valence-electron chi connectivity index (χ0n) is 10.9. The van der Waals surface area contributed by atoms with Gasteiger partial charge in [-0.15, -0.1) is 0 Å². The smallest absolute Gasteiger partial charge is 0.258 e. The number of carbonyl (C=O) groups is 1. The monoisotopic (exact) mass is 268 g/mol. The van der Waals surface area contributed by atoms with Crippen LogP contribution >= 0.6 is 0 Å². The van der Waals surface area contributed by atoms with Crippen molar-refractivity contribution in [1.82, 2.24) is 4.98 Å². The molecule has 0 aliphatic heterocycles. The Morgan fingerprint density at radius 1 is 1.10 bits per heavy atom. The predicted molar refractivity (Wildman–Crippen MR) is 77.4 cm³/mol. The van der Waals surface area contributed by atoms with Gasteiger partial charge in [0.05, 0.1) is 5.56 Å². The minimum atomic E-state index is -0.328. The van der Waals surface area contributed by atoms with Gasteiger partial charge in [0.25, 0.3) is 5.91 Å². The van der Waals surface area contributed by atoms with Gasteiger partial charge in [0.2, 0.25) is 0 Å². The van der Waals surface area contributed by atoms with Gasteiger partial charge in [-0.1, -0.05) is 18.2 Å². The van der Waals surface area contributed by atoms with Crippen LogP contribution in [0, 0.1) is 12.7 Å². The van der Waals surface area contributed by atoms with Crippen molar-refractivity contribution in [1.29, 1.82) is 0 Å². The van der Waals surface area contributed by atoms with Crippen molar-refractivity contribution in [2.24, 2.45) is 0 Å². The first-order valence-corrected chi connectivity index (χ1v) is 6.29. The summed E-state index contributed by atoms with van der Waals surface area (Å²) in [5, 5.41) is 3.66. The zero-order valence-corrected chi connectivity index (χ0v) is 10.9. The van der Waals surface area contributed by atoms with Gasteiger partial charge in [-0.25, -0.2) is 4.39 Å². The number of benzene rings is 2. The van der Waals surface area contributed by atoms with E-state index in [-0.39, 0.29) is 11.7 Å². The Kier molecular flexibility index (Phi) is 2.99. The minimum Gasteiger partial charge on any atom is -0.358 e. The van der Waals surface area contributed by atoms with Crippen LogP contribution in [-0.2, 0) is 0 Å². The number of H-pyrrole nitrogens is 1. The first-order chi connectivity index (χ1) is 9.65. The molecular weight excluding hydrogens is 255 g/mol. The number of para-hydroxylation sites is 1. The summed E-state index contributed by atoms with van der Waals surface area (Å²) in [6.45, 7) is 1.86. The summed E-state index contributed by atoms with van der Waals surface area (Å²) >= 11 is 0. The molecule has 2 N–H and O–H groups in total. The van der Waals surface area contributed by atoms with Crippen LogP contribution in [0.3, 0.4) is 0 Å². The van der Waals surface area contributed by atoms with E-state index in [1.807, 2.05) is 31.2 Å². The van der Waals surface area contributed by atoms with Crippen molar-refractivity contribution in [3.05, 3.63) is 65.6 Å². The number of fused-ring (bicyclic) bond motifs is 1. The molecule has 0 aliphatic rings. The van der Waals surface area contributed by atoms with E-state index in [1.165, 1.54) is 24.3 Å². The number of aryl methyl sites for hydroxylation is 1. The summed E-state index contributed by atoms with van der Waals surface area (Å²) in [7, 11) is 0. The molecule has 3 rings (SSSR count). The molecule has 4 heteroatoms. The molecule has 0 radical (unpaired) electrons. The highest BCUT2D eigenvalue weighted by Crippen LogP contribution is 2.23. The number of halogens is 1. The van der Waals surface area contributed by atoms with E-state index in [9.17, 15) is 9.18 Å². The third-order valence-electron chi connectivity index (χ3n) is 3.22. The fourth-order valence-electron chi connectivity index (χ4n) is 2.30.